The van der Waals surface area contributed by atoms with Gasteiger partial charge in [0.2, 0.25) is 0 Å². The summed E-state index contributed by atoms with van der Waals surface area (Å²) >= 11 is 0. The van der Waals surface area contributed by atoms with Crippen LogP contribution in [0.25, 0.3) is 0 Å². The van der Waals surface area contributed by atoms with Gasteiger partial charge in [-0.3, -0.25) is 10.1 Å². The highest BCUT2D eigenvalue weighted by Gasteiger charge is 2.18. The van der Waals surface area contributed by atoms with E-state index >= 15 is 0 Å². The molecule has 0 atom stereocenters. The van der Waals surface area contributed by atoms with Gasteiger partial charge in [-0.15, -0.1) is 0 Å². The van der Waals surface area contributed by atoms with Crippen LogP contribution < -0.4 is 5.32 Å². The van der Waals surface area contributed by atoms with Crippen LogP contribution in [0.4, 0.5) is 15.8 Å². The van der Waals surface area contributed by atoms with E-state index in [1.165, 1.54) is 18.2 Å². The van der Waals surface area contributed by atoms with Crippen LogP contribution in [-0.4, -0.2) is 19.6 Å². The third kappa shape index (κ3) is 3.85. The van der Waals surface area contributed by atoms with Crippen LogP contribution in [0.2, 0.25) is 0 Å². The van der Waals surface area contributed by atoms with Crippen molar-refractivity contribution in [1.29, 1.82) is 5.26 Å². The Morgan fingerprint density at radius 3 is 2.58 bits per heavy atom. The predicted molar refractivity (Wildman–Crippen MR) is 84.6 cm³/mol. The molecule has 7 nitrogen and oxygen atoms in total. The number of nitrogens with zero attached hydrogens (tertiary/aromatic N) is 2. The smallest absolute Gasteiger partial charge is 0.270 e. The van der Waals surface area contributed by atoms with E-state index in [-0.39, 0.29) is 33.9 Å². The second-order valence-corrected chi connectivity index (χ2v) is 6.97. The van der Waals surface area contributed by atoms with Crippen molar-refractivity contribution in [1.82, 2.24) is 0 Å². The highest BCUT2D eigenvalue weighted by Crippen LogP contribution is 2.27. The van der Waals surface area contributed by atoms with Crippen molar-refractivity contribution in [2.45, 2.75) is 11.4 Å². The maximum atomic E-state index is 13.8. The molecule has 124 valence electrons. The van der Waals surface area contributed by atoms with Crippen LogP contribution >= 0.6 is 0 Å². The van der Waals surface area contributed by atoms with E-state index in [1.807, 2.05) is 6.07 Å². The molecule has 0 spiro atoms. The zero-order valence-electron chi connectivity index (χ0n) is 12.5. The van der Waals surface area contributed by atoms with Crippen LogP contribution in [-0.2, 0) is 16.4 Å². The lowest BCUT2D eigenvalue weighted by Gasteiger charge is -2.11. The zero-order valence-corrected chi connectivity index (χ0v) is 13.3. The minimum Gasteiger partial charge on any atom is -0.380 e. The van der Waals surface area contributed by atoms with Gasteiger partial charge in [-0.25, -0.2) is 12.8 Å². The lowest BCUT2D eigenvalue weighted by atomic mass is 10.1. The van der Waals surface area contributed by atoms with Crippen LogP contribution in [0, 0.1) is 27.3 Å². The minimum atomic E-state index is -3.73. The summed E-state index contributed by atoms with van der Waals surface area (Å²) in [7, 11) is -3.73. The molecule has 1 N–H and O–H groups in total. The van der Waals surface area contributed by atoms with E-state index < -0.39 is 20.6 Å². The second kappa shape index (κ2) is 6.64. The molecule has 0 radical (unpaired) electrons. The molecule has 0 aliphatic carbocycles. The molecule has 2 aromatic carbocycles. The Hall–Kier alpha value is -2.99. The normalized spacial score (nSPS) is 10.9. The quantitative estimate of drug-likeness (QED) is 0.656. The Bertz CT molecular complexity index is 952. The summed E-state index contributed by atoms with van der Waals surface area (Å²) in [6.07, 6.45) is 0.925. The Morgan fingerprint density at radius 1 is 1.29 bits per heavy atom. The molecular weight excluding hydrogens is 337 g/mol. The molecule has 0 aliphatic heterocycles. The largest absolute Gasteiger partial charge is 0.380 e. The zero-order chi connectivity index (χ0) is 17.9. The van der Waals surface area contributed by atoms with Crippen LogP contribution in [0.3, 0.4) is 0 Å². The Morgan fingerprint density at radius 2 is 2.00 bits per heavy atom. The van der Waals surface area contributed by atoms with E-state index in [1.54, 1.807) is 0 Å². The lowest BCUT2D eigenvalue weighted by molar-refractivity contribution is -0.385. The summed E-state index contributed by atoms with van der Waals surface area (Å²) in [6, 6.07) is 9.04. The standard InChI is InChI=1S/C15H12FN3O4S/c1-24(22,23)15-7-12(19(20)21)3-5-14(15)18-9-11-6-10(8-17)2-4-13(11)16/h2-7,18H,9H2,1H3. The third-order valence-corrected chi connectivity index (χ3v) is 4.36. The number of nitro groups is 1. The summed E-state index contributed by atoms with van der Waals surface area (Å²) in [4.78, 5) is 9.84. The van der Waals surface area contributed by atoms with Gasteiger partial charge < -0.3 is 5.32 Å². The van der Waals surface area contributed by atoms with Gasteiger partial charge in [-0.2, -0.15) is 5.26 Å². The highest BCUT2D eigenvalue weighted by molar-refractivity contribution is 7.90. The average molecular weight is 349 g/mol. The van der Waals surface area contributed by atoms with E-state index in [0.717, 1.165) is 24.5 Å². The number of nitriles is 1. The van der Waals surface area contributed by atoms with Crippen molar-refractivity contribution in [3.8, 4) is 6.07 Å². The number of nitrogens with one attached hydrogen (secondary N) is 1. The van der Waals surface area contributed by atoms with Crippen LogP contribution in [0.1, 0.15) is 11.1 Å². The van der Waals surface area contributed by atoms with Crippen molar-refractivity contribution < 1.29 is 17.7 Å². The molecule has 0 saturated heterocycles. The second-order valence-electron chi connectivity index (χ2n) is 4.98. The van der Waals surface area contributed by atoms with E-state index in [0.29, 0.717) is 0 Å². The number of halogens is 1. The van der Waals surface area contributed by atoms with Gasteiger partial charge in [-0.05, 0) is 24.3 Å². The molecule has 0 unspecified atom stereocenters. The Labute approximate surface area is 137 Å². The summed E-state index contributed by atoms with van der Waals surface area (Å²) in [5.41, 5.74) is 0.190. The number of sulfone groups is 1. The number of nitro benzene ring substituents is 1. The van der Waals surface area contributed by atoms with Gasteiger partial charge in [0.1, 0.15) is 5.82 Å². The van der Waals surface area contributed by atoms with E-state index in [9.17, 15) is 22.9 Å². The number of rotatable bonds is 5. The van der Waals surface area contributed by atoms with Crippen molar-refractivity contribution in [2.24, 2.45) is 0 Å². The predicted octanol–water partition coefficient (Wildman–Crippen LogP) is 2.62. The fraction of sp³-hybridized carbons (Fsp3) is 0.133. The maximum absolute atomic E-state index is 13.8. The number of benzene rings is 2. The molecule has 0 heterocycles. The average Bonchev–Trinajstić information content (AvgIpc) is 2.53. The summed E-state index contributed by atoms with van der Waals surface area (Å²) in [5, 5.41) is 22.4. The van der Waals surface area contributed by atoms with Crippen molar-refractivity contribution >= 4 is 21.2 Å². The first-order chi connectivity index (χ1) is 11.2. The molecule has 0 amide bonds. The Kier molecular flexibility index (Phi) is 4.80. The van der Waals surface area contributed by atoms with Crippen molar-refractivity contribution in [3.05, 3.63) is 63.5 Å². The molecule has 2 rings (SSSR count). The maximum Gasteiger partial charge on any atom is 0.270 e. The van der Waals surface area contributed by atoms with Gasteiger partial charge in [0, 0.05) is 30.5 Å². The van der Waals surface area contributed by atoms with Gasteiger partial charge >= 0.3 is 0 Å². The molecule has 24 heavy (non-hydrogen) atoms. The van der Waals surface area contributed by atoms with Gasteiger partial charge in [0.15, 0.2) is 9.84 Å². The van der Waals surface area contributed by atoms with E-state index in [4.69, 9.17) is 5.26 Å². The lowest BCUT2D eigenvalue weighted by Crippen LogP contribution is -2.08. The monoisotopic (exact) mass is 349 g/mol. The minimum absolute atomic E-state index is 0.0817. The van der Waals surface area contributed by atoms with Crippen LogP contribution in [0.15, 0.2) is 41.3 Å². The van der Waals surface area contributed by atoms with Crippen LogP contribution in [0.5, 0.6) is 0 Å². The van der Waals surface area contributed by atoms with Gasteiger partial charge in [0.05, 0.1) is 27.1 Å². The first-order valence-corrected chi connectivity index (χ1v) is 8.52. The molecule has 9 heteroatoms. The number of hydrogen-bond acceptors (Lipinski definition) is 6. The fourth-order valence-electron chi connectivity index (χ4n) is 2.05. The number of anilines is 1. The first kappa shape index (κ1) is 17.4. The Balaban J connectivity index is 2.37. The molecule has 2 aromatic rings. The van der Waals surface area contributed by atoms with E-state index in [2.05, 4.69) is 5.32 Å². The molecule has 0 aliphatic rings. The summed E-state index contributed by atoms with van der Waals surface area (Å²) < 4.78 is 37.4. The molecule has 0 bridgehead atoms. The molecule has 0 aromatic heterocycles. The first-order valence-electron chi connectivity index (χ1n) is 6.63. The number of non-ortho nitro benzene ring substituents is 1. The van der Waals surface area contributed by atoms with Gasteiger partial charge in [0.25, 0.3) is 5.69 Å². The molecule has 0 saturated carbocycles. The molecular formula is C15H12FN3O4S. The third-order valence-electron chi connectivity index (χ3n) is 3.22. The fourth-order valence-corrected chi connectivity index (χ4v) is 2.92. The SMILES string of the molecule is CS(=O)(=O)c1cc([N+](=O)[O-])ccc1NCc1cc(C#N)ccc1F. The van der Waals surface area contributed by atoms with Gasteiger partial charge in [-0.1, -0.05) is 0 Å². The summed E-state index contributed by atoms with van der Waals surface area (Å²) in [5.74, 6) is -0.552. The van der Waals surface area contributed by atoms with Crippen molar-refractivity contribution in [3.63, 3.8) is 0 Å². The van der Waals surface area contributed by atoms with Crippen molar-refractivity contribution in [2.75, 3.05) is 11.6 Å². The highest BCUT2D eigenvalue weighted by atomic mass is 32.2. The summed E-state index contributed by atoms with van der Waals surface area (Å²) in [6.45, 7) is -0.0817. The number of hydrogen-bond donors (Lipinski definition) is 1. The topological polar surface area (TPSA) is 113 Å². The molecule has 0 fully saturated rings.